The van der Waals surface area contributed by atoms with E-state index in [9.17, 15) is 9.59 Å². The number of anilines is 2. The van der Waals surface area contributed by atoms with E-state index in [1.807, 2.05) is 4.57 Å². The van der Waals surface area contributed by atoms with Crippen LogP contribution in [0.5, 0.6) is 5.75 Å². The molecule has 0 saturated heterocycles. The fraction of sp³-hybridized carbons (Fsp3) is 0.312. The molecule has 138 valence electrons. The Kier molecular flexibility index (Phi) is 5.59. The third-order valence-electron chi connectivity index (χ3n) is 3.69. The van der Waals surface area contributed by atoms with E-state index in [1.165, 1.54) is 0 Å². The summed E-state index contributed by atoms with van der Waals surface area (Å²) < 4.78 is 12.2. The number of urea groups is 1. The van der Waals surface area contributed by atoms with Crippen LogP contribution in [0.2, 0.25) is 5.02 Å². The van der Waals surface area contributed by atoms with Crippen molar-refractivity contribution in [2.75, 3.05) is 31.0 Å². The molecular formula is C16H18ClN5O4. The molecule has 0 saturated carbocycles. The third kappa shape index (κ3) is 4.24. The molecule has 0 aliphatic carbocycles. The van der Waals surface area contributed by atoms with E-state index in [-0.39, 0.29) is 12.5 Å². The highest BCUT2D eigenvalue weighted by atomic mass is 35.5. The number of hydrogen-bond donors (Lipinski definition) is 3. The minimum Gasteiger partial charge on any atom is -0.480 e. The molecule has 2 aromatic rings. The summed E-state index contributed by atoms with van der Waals surface area (Å²) in [6, 6.07) is 2.73. The van der Waals surface area contributed by atoms with Crippen LogP contribution in [-0.4, -0.2) is 41.8 Å². The number of imidazole rings is 1. The largest absolute Gasteiger partial charge is 0.480 e. The van der Waals surface area contributed by atoms with Gasteiger partial charge >= 0.3 is 6.03 Å². The minimum absolute atomic E-state index is 0.0866. The van der Waals surface area contributed by atoms with Crippen LogP contribution in [0.25, 0.3) is 0 Å². The first-order chi connectivity index (χ1) is 12.6. The lowest BCUT2D eigenvalue weighted by atomic mass is 10.2. The Hall–Kier alpha value is -2.78. The van der Waals surface area contributed by atoms with E-state index >= 15 is 0 Å². The van der Waals surface area contributed by atoms with E-state index in [4.69, 9.17) is 21.1 Å². The van der Waals surface area contributed by atoms with Crippen LogP contribution in [0.15, 0.2) is 24.7 Å². The second kappa shape index (κ2) is 8.07. The molecular weight excluding hydrogens is 362 g/mol. The van der Waals surface area contributed by atoms with Crippen LogP contribution in [0.4, 0.5) is 16.2 Å². The van der Waals surface area contributed by atoms with Gasteiger partial charge in [-0.1, -0.05) is 11.6 Å². The van der Waals surface area contributed by atoms with Gasteiger partial charge in [-0.2, -0.15) is 0 Å². The van der Waals surface area contributed by atoms with Gasteiger partial charge in [-0.25, -0.2) is 9.78 Å². The lowest BCUT2D eigenvalue weighted by Gasteiger charge is -2.20. The SMILES string of the molecule is COCCn1cncc1CNC(=O)Nc1cc(Cl)c2c(c1)NC(=O)CO2. The summed E-state index contributed by atoms with van der Waals surface area (Å²) in [6.07, 6.45) is 3.36. The number of rotatable bonds is 6. The number of hydrogen-bond acceptors (Lipinski definition) is 5. The Morgan fingerprint density at radius 1 is 1.50 bits per heavy atom. The quantitative estimate of drug-likeness (QED) is 0.710. The van der Waals surface area contributed by atoms with Gasteiger partial charge in [-0.05, 0) is 12.1 Å². The molecule has 10 heteroatoms. The lowest BCUT2D eigenvalue weighted by molar-refractivity contribution is -0.118. The number of benzene rings is 1. The van der Waals surface area contributed by atoms with Crippen molar-refractivity contribution >= 4 is 34.9 Å². The lowest BCUT2D eigenvalue weighted by Crippen LogP contribution is -2.29. The molecule has 1 aliphatic rings. The molecule has 0 radical (unpaired) electrons. The Morgan fingerprint density at radius 3 is 3.15 bits per heavy atom. The van der Waals surface area contributed by atoms with Gasteiger partial charge in [0.05, 0.1) is 35.9 Å². The number of amides is 3. The number of methoxy groups -OCH3 is 1. The molecule has 3 amide bonds. The van der Waals surface area contributed by atoms with Crippen LogP contribution in [0.1, 0.15) is 5.69 Å². The van der Waals surface area contributed by atoms with Crippen LogP contribution in [-0.2, 0) is 22.6 Å². The molecule has 1 aromatic heterocycles. The number of carbonyl (C=O) groups excluding carboxylic acids is 2. The zero-order valence-corrected chi connectivity index (χ0v) is 14.8. The zero-order valence-electron chi connectivity index (χ0n) is 14.0. The summed E-state index contributed by atoms with van der Waals surface area (Å²) in [6.45, 7) is 1.41. The summed E-state index contributed by atoms with van der Waals surface area (Å²) >= 11 is 6.13. The molecule has 26 heavy (non-hydrogen) atoms. The highest BCUT2D eigenvalue weighted by Crippen LogP contribution is 2.38. The average Bonchev–Trinajstić information content (AvgIpc) is 3.05. The molecule has 1 aromatic carbocycles. The fourth-order valence-corrected chi connectivity index (χ4v) is 2.74. The van der Waals surface area contributed by atoms with Gasteiger partial charge in [0, 0.05) is 25.5 Å². The van der Waals surface area contributed by atoms with Gasteiger partial charge in [0.1, 0.15) is 0 Å². The van der Waals surface area contributed by atoms with Crippen molar-refractivity contribution in [3.05, 3.63) is 35.4 Å². The van der Waals surface area contributed by atoms with Crippen molar-refractivity contribution < 1.29 is 19.1 Å². The van der Waals surface area contributed by atoms with Crippen LogP contribution >= 0.6 is 11.6 Å². The van der Waals surface area contributed by atoms with Crippen LogP contribution in [0, 0.1) is 0 Å². The molecule has 3 N–H and O–H groups in total. The minimum atomic E-state index is -0.413. The Balaban J connectivity index is 1.60. The van der Waals surface area contributed by atoms with Crippen molar-refractivity contribution in [1.29, 1.82) is 0 Å². The van der Waals surface area contributed by atoms with Crippen molar-refractivity contribution in [3.63, 3.8) is 0 Å². The predicted octanol–water partition coefficient (Wildman–Crippen LogP) is 1.84. The topological polar surface area (TPSA) is 107 Å². The molecule has 9 nitrogen and oxygen atoms in total. The van der Waals surface area contributed by atoms with E-state index in [0.717, 1.165) is 5.69 Å². The van der Waals surface area contributed by atoms with E-state index in [2.05, 4.69) is 20.9 Å². The van der Waals surface area contributed by atoms with Crippen LogP contribution < -0.4 is 20.7 Å². The molecule has 0 atom stereocenters. The standard InChI is InChI=1S/C16H18ClN5O4/c1-25-3-2-22-9-18-6-11(22)7-19-16(24)20-10-4-12(17)15-13(5-10)21-14(23)8-26-15/h4-6,9H,2-3,7-8H2,1H3,(H,21,23)(H2,19,20,24). The number of carbonyl (C=O) groups is 2. The number of fused-ring (bicyclic) bond motifs is 1. The number of nitrogens with one attached hydrogen (secondary N) is 3. The fourth-order valence-electron chi connectivity index (χ4n) is 2.46. The summed E-state index contributed by atoms with van der Waals surface area (Å²) in [5.74, 6) is 0.110. The number of aromatic nitrogens is 2. The van der Waals surface area contributed by atoms with Crippen molar-refractivity contribution in [1.82, 2.24) is 14.9 Å². The zero-order chi connectivity index (χ0) is 18.5. The van der Waals surface area contributed by atoms with Gasteiger partial charge in [-0.15, -0.1) is 0 Å². The maximum atomic E-state index is 12.1. The van der Waals surface area contributed by atoms with Gasteiger partial charge in [-0.3, -0.25) is 4.79 Å². The third-order valence-corrected chi connectivity index (χ3v) is 3.97. The van der Waals surface area contributed by atoms with Crippen molar-refractivity contribution in [2.24, 2.45) is 0 Å². The van der Waals surface area contributed by atoms with Gasteiger partial charge in [0.15, 0.2) is 12.4 Å². The van der Waals surface area contributed by atoms with Gasteiger partial charge < -0.3 is 30.0 Å². The van der Waals surface area contributed by atoms with E-state index in [0.29, 0.717) is 41.8 Å². The van der Waals surface area contributed by atoms with E-state index in [1.54, 1.807) is 31.8 Å². The van der Waals surface area contributed by atoms with Gasteiger partial charge in [0.2, 0.25) is 0 Å². The maximum absolute atomic E-state index is 12.1. The van der Waals surface area contributed by atoms with Crippen molar-refractivity contribution in [2.45, 2.75) is 13.1 Å². The normalized spacial score (nSPS) is 12.8. The summed E-state index contributed by atoms with van der Waals surface area (Å²) in [7, 11) is 1.62. The number of nitrogens with zero attached hydrogens (tertiary/aromatic N) is 2. The molecule has 0 fully saturated rings. The Morgan fingerprint density at radius 2 is 2.35 bits per heavy atom. The Bertz CT molecular complexity index is 823. The highest BCUT2D eigenvalue weighted by molar-refractivity contribution is 6.33. The molecule has 0 bridgehead atoms. The number of halogens is 1. The maximum Gasteiger partial charge on any atom is 0.319 e. The monoisotopic (exact) mass is 379 g/mol. The molecule has 0 spiro atoms. The summed E-state index contributed by atoms with van der Waals surface area (Å²) in [5, 5.41) is 8.38. The smallest absolute Gasteiger partial charge is 0.319 e. The van der Waals surface area contributed by atoms with E-state index < -0.39 is 6.03 Å². The molecule has 1 aliphatic heterocycles. The summed E-state index contributed by atoms with van der Waals surface area (Å²) in [4.78, 5) is 27.6. The van der Waals surface area contributed by atoms with Crippen molar-refractivity contribution in [3.8, 4) is 5.75 Å². The summed E-state index contributed by atoms with van der Waals surface area (Å²) in [5.41, 5.74) is 1.70. The Labute approximate surface area is 154 Å². The second-order valence-corrected chi connectivity index (χ2v) is 5.96. The highest BCUT2D eigenvalue weighted by Gasteiger charge is 2.20. The molecule has 0 unspecified atom stereocenters. The van der Waals surface area contributed by atoms with Crippen LogP contribution in [0.3, 0.4) is 0 Å². The number of ether oxygens (including phenoxy) is 2. The second-order valence-electron chi connectivity index (χ2n) is 5.55. The van der Waals surface area contributed by atoms with Gasteiger partial charge in [0.25, 0.3) is 5.91 Å². The molecule has 3 rings (SSSR count). The predicted molar refractivity (Wildman–Crippen MR) is 95.5 cm³/mol. The first kappa shape index (κ1) is 18.0. The molecule has 2 heterocycles. The average molecular weight is 380 g/mol. The first-order valence-electron chi connectivity index (χ1n) is 7.86. The first-order valence-corrected chi connectivity index (χ1v) is 8.23.